The van der Waals surface area contributed by atoms with Crippen LogP contribution in [0.5, 0.6) is 11.5 Å². The molecule has 3 aromatic rings. The molecule has 1 unspecified atom stereocenters. The van der Waals surface area contributed by atoms with Gasteiger partial charge in [-0.3, -0.25) is 4.79 Å². The predicted octanol–water partition coefficient (Wildman–Crippen LogP) is 5.80. The number of benzene rings is 3. The molecule has 1 saturated heterocycles. The van der Waals surface area contributed by atoms with Gasteiger partial charge in [-0.2, -0.15) is 13.2 Å². The van der Waals surface area contributed by atoms with Crippen LogP contribution in [0.4, 0.5) is 34.6 Å². The quantitative estimate of drug-likeness (QED) is 0.266. The Labute approximate surface area is 244 Å². The van der Waals surface area contributed by atoms with E-state index in [-0.39, 0.29) is 22.9 Å². The molecule has 3 aromatic carbocycles. The van der Waals surface area contributed by atoms with Gasteiger partial charge in [0.25, 0.3) is 0 Å². The molecular weight excluding hydrogens is 556 g/mol. The molecule has 0 N–H and O–H groups in total. The van der Waals surface area contributed by atoms with Crippen molar-refractivity contribution < 1.29 is 40.7 Å². The minimum Gasteiger partial charge on any atom is -0.497 e. The van der Waals surface area contributed by atoms with Crippen LogP contribution in [0, 0.1) is 5.82 Å². The van der Waals surface area contributed by atoms with Crippen LogP contribution in [-0.4, -0.2) is 64.3 Å². The summed E-state index contributed by atoms with van der Waals surface area (Å²) in [6.07, 6.45) is -5.22. The molecule has 0 spiro atoms. The molecule has 5 rings (SSSR count). The minimum atomic E-state index is -4.80. The number of anilines is 2. The number of alkyl halides is 3. The van der Waals surface area contributed by atoms with Crippen LogP contribution >= 0.6 is 0 Å². The van der Waals surface area contributed by atoms with E-state index in [1.165, 1.54) is 23.1 Å². The lowest BCUT2D eigenvalue weighted by Crippen LogP contribution is -2.55. The number of halogens is 4. The fraction of sp³-hybridized carbons (Fsp3) is 0.333. The Hall–Kier alpha value is -4.48. The summed E-state index contributed by atoms with van der Waals surface area (Å²) in [6, 6.07) is 12.8. The topological polar surface area (TPSA) is 66.8 Å². The Morgan fingerprint density at radius 1 is 1.00 bits per heavy atom. The van der Waals surface area contributed by atoms with E-state index in [1.807, 2.05) is 24.3 Å². The van der Waals surface area contributed by atoms with Crippen molar-refractivity contribution in [3.63, 3.8) is 0 Å². The number of carbonyl (C=O) groups is 1. The molecule has 8 nitrogen and oxygen atoms in total. The average Bonchev–Trinajstić information content (AvgIpc) is 3.00. The zero-order valence-corrected chi connectivity index (χ0v) is 22.8. The number of hydrogen-bond acceptors (Lipinski definition) is 8. The van der Waals surface area contributed by atoms with E-state index in [4.69, 9.17) is 18.3 Å². The zero-order valence-electron chi connectivity index (χ0n) is 25.8. The first-order valence-electron chi connectivity index (χ1n) is 14.6. The fourth-order valence-electron chi connectivity index (χ4n) is 5.23. The Bertz CT molecular complexity index is 1590. The summed E-state index contributed by atoms with van der Waals surface area (Å²) in [5.41, 5.74) is -0.379. The van der Waals surface area contributed by atoms with Crippen LogP contribution in [0.25, 0.3) is 0 Å². The zero-order chi connectivity index (χ0) is 32.5. The van der Waals surface area contributed by atoms with Crippen molar-refractivity contribution in [1.82, 2.24) is 4.90 Å². The third-order valence-electron chi connectivity index (χ3n) is 7.34. The number of guanidine groups is 1. The number of aliphatic imine (C=N–C) groups is 1. The van der Waals surface area contributed by atoms with Gasteiger partial charge < -0.3 is 28.9 Å². The molecule has 0 aromatic heterocycles. The van der Waals surface area contributed by atoms with E-state index in [1.54, 1.807) is 12.0 Å². The molecule has 0 amide bonds. The molecule has 2 heterocycles. The highest BCUT2D eigenvalue weighted by Crippen LogP contribution is 2.46. The van der Waals surface area contributed by atoms with Crippen LogP contribution in [0.3, 0.4) is 0 Å². The summed E-state index contributed by atoms with van der Waals surface area (Å²) < 4.78 is 95.8. The molecule has 0 radical (unpaired) electrons. The molecule has 0 aliphatic carbocycles. The number of nitrogens with zero attached hydrogens (tertiary/aromatic N) is 4. The minimum absolute atomic E-state index is 0.0292. The number of methoxy groups -OCH3 is 3. The summed E-state index contributed by atoms with van der Waals surface area (Å²) >= 11 is 0. The first kappa shape index (κ1) is 25.2. The van der Waals surface area contributed by atoms with Gasteiger partial charge in [-0.15, -0.1) is 0 Å². The third kappa shape index (κ3) is 5.65. The second-order valence-electron chi connectivity index (χ2n) is 9.71. The summed E-state index contributed by atoms with van der Waals surface area (Å²) in [5.74, 6) is -1.13. The summed E-state index contributed by atoms with van der Waals surface area (Å²) in [5, 5.41) is 0. The normalized spacial score (nSPS) is 18.3. The molecule has 42 heavy (non-hydrogen) atoms. The number of rotatable bonds is 6. The maximum atomic E-state index is 15.3. The Morgan fingerprint density at radius 2 is 1.74 bits per heavy atom. The highest BCUT2D eigenvalue weighted by atomic mass is 19.4. The Balaban J connectivity index is 1.65. The maximum Gasteiger partial charge on any atom is 0.416 e. The molecule has 2 aliphatic heterocycles. The number of hydrogen-bond donors (Lipinski definition) is 0. The van der Waals surface area contributed by atoms with Crippen LogP contribution in [0.1, 0.15) is 27.7 Å². The lowest BCUT2D eigenvalue weighted by Gasteiger charge is -2.45. The number of carbonyl (C=O) groups excluding carboxylic acids is 1. The lowest BCUT2D eigenvalue weighted by molar-refractivity contribution is -0.141. The largest absolute Gasteiger partial charge is 0.497 e. The summed E-state index contributed by atoms with van der Waals surface area (Å²) in [4.78, 5) is 22.5. The van der Waals surface area contributed by atoms with E-state index >= 15 is 4.39 Å². The van der Waals surface area contributed by atoms with Gasteiger partial charge in [0.15, 0.2) is 0 Å². The van der Waals surface area contributed by atoms with Crippen LogP contribution in [-0.2, 0) is 15.7 Å². The van der Waals surface area contributed by atoms with Gasteiger partial charge in [0.05, 0.1) is 49.1 Å². The number of piperazine rings is 1. The van der Waals surface area contributed by atoms with Gasteiger partial charge in [0.2, 0.25) is 5.96 Å². The molecule has 0 saturated carbocycles. The Kier molecular flexibility index (Phi) is 7.09. The third-order valence-corrected chi connectivity index (χ3v) is 7.34. The van der Waals surface area contributed by atoms with Crippen LogP contribution in [0.15, 0.2) is 65.7 Å². The van der Waals surface area contributed by atoms with Crippen molar-refractivity contribution in [3.8, 4) is 11.5 Å². The van der Waals surface area contributed by atoms with Gasteiger partial charge in [-0.25, -0.2) is 9.38 Å². The smallest absolute Gasteiger partial charge is 0.416 e. The van der Waals surface area contributed by atoms with Crippen molar-refractivity contribution in [1.29, 1.82) is 0 Å². The van der Waals surface area contributed by atoms with Gasteiger partial charge in [-0.05, 0) is 36.4 Å². The van der Waals surface area contributed by atoms with Crippen LogP contribution < -0.4 is 19.3 Å². The second kappa shape index (κ2) is 11.8. The fourth-order valence-corrected chi connectivity index (χ4v) is 5.23. The van der Waals surface area contributed by atoms with Crippen LogP contribution in [0.2, 0.25) is 0 Å². The average molecular weight is 590 g/mol. The van der Waals surface area contributed by atoms with Crippen molar-refractivity contribution >= 4 is 29.0 Å². The summed E-state index contributed by atoms with van der Waals surface area (Å²) in [7, 11) is -0.305. The molecule has 0 bridgehead atoms. The van der Waals surface area contributed by atoms with Crippen molar-refractivity contribution in [2.75, 3.05) is 57.2 Å². The summed E-state index contributed by atoms with van der Waals surface area (Å²) in [6.45, 7) is 1.51. The molecule has 222 valence electrons. The van der Waals surface area contributed by atoms with E-state index < -0.39 is 48.8 Å². The SMILES string of the molecule is [2H]C([2H])([2H])Oc1ccc(C(F)(F)F)cc1N1C(N2CCN(c3cccc(OC)c3)CC2)=Nc2c(F)cccc2C1CC(=O)OC. The van der Waals surface area contributed by atoms with E-state index in [0.29, 0.717) is 38.0 Å². The van der Waals surface area contributed by atoms with E-state index in [2.05, 4.69) is 9.89 Å². The highest BCUT2D eigenvalue weighted by molar-refractivity contribution is 6.02. The molecule has 12 heteroatoms. The number of para-hydroxylation sites is 1. The number of fused-ring (bicyclic) bond motifs is 1. The maximum absolute atomic E-state index is 15.3. The molecule has 1 atom stereocenters. The van der Waals surface area contributed by atoms with E-state index in [0.717, 1.165) is 24.9 Å². The van der Waals surface area contributed by atoms with E-state index in [9.17, 15) is 18.0 Å². The first-order chi connectivity index (χ1) is 21.3. The van der Waals surface area contributed by atoms with Gasteiger partial charge in [-0.1, -0.05) is 18.2 Å². The van der Waals surface area contributed by atoms with Crippen molar-refractivity contribution in [2.45, 2.75) is 18.6 Å². The number of ether oxygens (including phenoxy) is 3. The monoisotopic (exact) mass is 589 g/mol. The highest BCUT2D eigenvalue weighted by Gasteiger charge is 2.40. The van der Waals surface area contributed by atoms with Gasteiger partial charge in [0.1, 0.15) is 23.0 Å². The molecular formula is C30H30F4N4O4. The molecule has 2 aliphatic rings. The predicted molar refractivity (Wildman–Crippen MR) is 150 cm³/mol. The number of esters is 1. The lowest BCUT2D eigenvalue weighted by atomic mass is 9.96. The standard InChI is InChI=1S/C30H30F4N4O4/c1-40-21-7-4-6-20(17-21)36-12-14-37(15-13-36)29-35-28-22(8-5-9-23(28)31)24(18-27(39)42-3)38(29)25-16-19(30(32,33)34)10-11-26(25)41-2/h4-11,16-17,24H,12-15,18H2,1-3H3/i2D3. The Morgan fingerprint density at radius 3 is 2.43 bits per heavy atom. The van der Waals surface area contributed by atoms with Crippen molar-refractivity contribution in [3.05, 3.63) is 77.6 Å². The van der Waals surface area contributed by atoms with Crippen molar-refractivity contribution in [2.24, 2.45) is 4.99 Å². The van der Waals surface area contributed by atoms with Gasteiger partial charge in [0, 0.05) is 43.5 Å². The van der Waals surface area contributed by atoms with Gasteiger partial charge >= 0.3 is 12.1 Å². The molecule has 1 fully saturated rings. The second-order valence-corrected chi connectivity index (χ2v) is 9.71. The first-order valence-corrected chi connectivity index (χ1v) is 13.1.